The second-order valence-electron chi connectivity index (χ2n) is 4.70. The van der Waals surface area contributed by atoms with Crippen LogP contribution in [0.3, 0.4) is 0 Å². The summed E-state index contributed by atoms with van der Waals surface area (Å²) in [5.74, 6) is -0.324. The maximum absolute atomic E-state index is 13.9. The molecule has 0 amide bonds. The number of rotatable bonds is 0. The first-order valence-corrected chi connectivity index (χ1v) is 6.04. The third kappa shape index (κ3) is 1.76. The van der Waals surface area contributed by atoms with Crippen molar-refractivity contribution in [2.75, 3.05) is 5.73 Å². The molecule has 0 atom stereocenters. The van der Waals surface area contributed by atoms with Gasteiger partial charge in [-0.15, -0.1) is 0 Å². The number of hydrogen-bond acceptors (Lipinski definition) is 3. The monoisotopic (exact) mass is 258 g/mol. The first-order valence-electron chi connectivity index (χ1n) is 4.85. The summed E-state index contributed by atoms with van der Waals surface area (Å²) in [7, 11) is 0. The first-order chi connectivity index (χ1) is 7.30. The van der Waals surface area contributed by atoms with Gasteiger partial charge in [0.1, 0.15) is 5.82 Å². The number of anilines is 1. The minimum absolute atomic E-state index is 0.324. The molecule has 2 rings (SSSR count). The predicted molar refractivity (Wildman–Crippen MR) is 67.7 cm³/mol. The van der Waals surface area contributed by atoms with Crippen LogP contribution in [0.2, 0.25) is 5.02 Å². The highest BCUT2D eigenvalue weighted by Crippen LogP contribution is 2.39. The van der Waals surface area contributed by atoms with Crippen LogP contribution in [0.4, 0.5) is 9.52 Å². The van der Waals surface area contributed by atoms with Crippen LogP contribution in [-0.2, 0) is 5.41 Å². The quantitative estimate of drug-likeness (QED) is 0.777. The van der Waals surface area contributed by atoms with Crippen molar-refractivity contribution in [3.8, 4) is 0 Å². The van der Waals surface area contributed by atoms with E-state index in [4.69, 9.17) is 17.3 Å². The second-order valence-corrected chi connectivity index (χ2v) is 6.13. The normalized spacial score (nSPS) is 12.3. The smallest absolute Gasteiger partial charge is 0.181 e. The summed E-state index contributed by atoms with van der Waals surface area (Å²) >= 11 is 7.26. The van der Waals surface area contributed by atoms with Crippen molar-refractivity contribution in [2.45, 2.75) is 26.2 Å². The Bertz CT molecular complexity index is 557. The van der Waals surface area contributed by atoms with Gasteiger partial charge in [-0.2, -0.15) is 0 Å². The molecular weight excluding hydrogens is 247 g/mol. The van der Waals surface area contributed by atoms with Crippen LogP contribution < -0.4 is 5.73 Å². The molecule has 0 aliphatic rings. The zero-order valence-corrected chi connectivity index (χ0v) is 10.8. The molecule has 16 heavy (non-hydrogen) atoms. The summed E-state index contributed by atoms with van der Waals surface area (Å²) in [6.07, 6.45) is 0. The summed E-state index contributed by atoms with van der Waals surface area (Å²) in [6, 6.07) is 1.34. The van der Waals surface area contributed by atoms with E-state index in [0.717, 1.165) is 4.70 Å². The van der Waals surface area contributed by atoms with E-state index in [1.165, 1.54) is 17.4 Å². The number of aromatic nitrogens is 1. The number of fused-ring (bicyclic) bond motifs is 1. The first kappa shape index (κ1) is 11.6. The van der Waals surface area contributed by atoms with E-state index >= 15 is 0 Å². The summed E-state index contributed by atoms with van der Waals surface area (Å²) < 4.78 is 14.7. The Labute approximate surface area is 102 Å². The Hall–Kier alpha value is -0.870. The van der Waals surface area contributed by atoms with Gasteiger partial charge in [0.2, 0.25) is 0 Å². The molecule has 2 N–H and O–H groups in total. The van der Waals surface area contributed by atoms with Gasteiger partial charge < -0.3 is 5.73 Å². The number of halogens is 2. The van der Waals surface area contributed by atoms with Crippen molar-refractivity contribution in [3.63, 3.8) is 0 Å². The fourth-order valence-electron chi connectivity index (χ4n) is 1.74. The SMILES string of the molecule is CC(C)(C)c1c(F)cc(Cl)c2sc(N)nc12. The highest BCUT2D eigenvalue weighted by Gasteiger charge is 2.25. The van der Waals surface area contributed by atoms with Gasteiger partial charge >= 0.3 is 0 Å². The molecular formula is C11H12ClFN2S. The minimum Gasteiger partial charge on any atom is -0.375 e. The highest BCUT2D eigenvalue weighted by molar-refractivity contribution is 7.22. The molecule has 2 aromatic rings. The molecule has 0 aliphatic heterocycles. The van der Waals surface area contributed by atoms with E-state index in [9.17, 15) is 4.39 Å². The van der Waals surface area contributed by atoms with Crippen LogP contribution in [0.15, 0.2) is 6.07 Å². The van der Waals surface area contributed by atoms with Gasteiger partial charge in [0.05, 0.1) is 15.2 Å². The third-order valence-electron chi connectivity index (χ3n) is 2.34. The maximum atomic E-state index is 13.9. The van der Waals surface area contributed by atoms with Gasteiger partial charge in [0, 0.05) is 5.56 Å². The van der Waals surface area contributed by atoms with E-state index in [-0.39, 0.29) is 11.2 Å². The van der Waals surface area contributed by atoms with Crippen molar-refractivity contribution in [2.24, 2.45) is 0 Å². The van der Waals surface area contributed by atoms with Gasteiger partial charge in [-0.1, -0.05) is 43.7 Å². The lowest BCUT2D eigenvalue weighted by Crippen LogP contribution is -2.14. The largest absolute Gasteiger partial charge is 0.375 e. The molecule has 1 aromatic carbocycles. The van der Waals surface area contributed by atoms with Crippen LogP contribution in [0.5, 0.6) is 0 Å². The molecule has 0 saturated carbocycles. The van der Waals surface area contributed by atoms with E-state index in [1.807, 2.05) is 20.8 Å². The molecule has 2 nitrogen and oxygen atoms in total. The van der Waals surface area contributed by atoms with E-state index in [2.05, 4.69) is 4.98 Å². The summed E-state index contributed by atoms with van der Waals surface area (Å²) in [5.41, 5.74) is 6.47. The van der Waals surface area contributed by atoms with Gasteiger partial charge in [0.25, 0.3) is 0 Å². The number of nitrogen functional groups attached to an aromatic ring is 1. The molecule has 0 radical (unpaired) electrons. The van der Waals surface area contributed by atoms with Gasteiger partial charge in [-0.05, 0) is 11.5 Å². The van der Waals surface area contributed by atoms with E-state index in [0.29, 0.717) is 21.2 Å². The number of nitrogens with two attached hydrogens (primary N) is 1. The van der Waals surface area contributed by atoms with Crippen molar-refractivity contribution in [3.05, 3.63) is 22.5 Å². The van der Waals surface area contributed by atoms with Crippen LogP contribution in [-0.4, -0.2) is 4.98 Å². The highest BCUT2D eigenvalue weighted by atomic mass is 35.5. The summed E-state index contributed by atoms with van der Waals surface area (Å²) in [5, 5.41) is 0.780. The zero-order valence-electron chi connectivity index (χ0n) is 9.27. The average Bonchev–Trinajstić information content (AvgIpc) is 2.43. The predicted octanol–water partition coefficient (Wildman–Crippen LogP) is 3.97. The molecule has 0 unspecified atom stereocenters. The molecule has 0 spiro atoms. The molecule has 1 heterocycles. The molecule has 5 heteroatoms. The van der Waals surface area contributed by atoms with E-state index in [1.54, 1.807) is 0 Å². The molecule has 0 bridgehead atoms. The van der Waals surface area contributed by atoms with Crippen molar-refractivity contribution in [1.29, 1.82) is 0 Å². The van der Waals surface area contributed by atoms with Crippen LogP contribution >= 0.6 is 22.9 Å². The van der Waals surface area contributed by atoms with Gasteiger partial charge in [-0.3, -0.25) is 0 Å². The molecule has 1 aromatic heterocycles. The topological polar surface area (TPSA) is 38.9 Å². The lowest BCUT2D eigenvalue weighted by atomic mass is 9.86. The average molecular weight is 259 g/mol. The van der Waals surface area contributed by atoms with Gasteiger partial charge in [0.15, 0.2) is 5.13 Å². The lowest BCUT2D eigenvalue weighted by molar-refractivity contribution is 0.528. The molecule has 86 valence electrons. The third-order valence-corrected chi connectivity index (χ3v) is 3.67. The van der Waals surface area contributed by atoms with Crippen molar-refractivity contribution in [1.82, 2.24) is 4.98 Å². The Morgan fingerprint density at radius 3 is 2.62 bits per heavy atom. The summed E-state index contributed by atoms with van der Waals surface area (Å²) in [4.78, 5) is 4.17. The molecule has 0 fully saturated rings. The second kappa shape index (κ2) is 3.57. The number of hydrogen-bond donors (Lipinski definition) is 1. The number of benzene rings is 1. The number of thiazole rings is 1. The fraction of sp³-hybridized carbons (Fsp3) is 0.364. The van der Waals surface area contributed by atoms with Crippen LogP contribution in [0, 0.1) is 5.82 Å². The Morgan fingerprint density at radius 1 is 1.44 bits per heavy atom. The Morgan fingerprint density at radius 2 is 2.06 bits per heavy atom. The van der Waals surface area contributed by atoms with E-state index < -0.39 is 0 Å². The zero-order chi connectivity index (χ0) is 12.1. The Balaban J connectivity index is 2.92. The standard InChI is InChI=1S/C11H12ClFN2S/c1-11(2,3)7-6(13)4-5(12)9-8(7)15-10(14)16-9/h4H,1-3H3,(H2,14,15). The fourth-order valence-corrected chi connectivity index (χ4v) is 2.79. The summed E-state index contributed by atoms with van der Waals surface area (Å²) in [6.45, 7) is 5.82. The van der Waals surface area contributed by atoms with Crippen LogP contribution in [0.25, 0.3) is 10.2 Å². The number of nitrogens with zero attached hydrogens (tertiary/aromatic N) is 1. The Kier molecular flexibility index (Phi) is 2.59. The molecule has 0 saturated heterocycles. The lowest BCUT2D eigenvalue weighted by Gasteiger charge is -2.20. The molecule has 0 aliphatic carbocycles. The van der Waals surface area contributed by atoms with Gasteiger partial charge in [-0.25, -0.2) is 9.37 Å². The van der Waals surface area contributed by atoms with Crippen molar-refractivity contribution < 1.29 is 4.39 Å². The van der Waals surface area contributed by atoms with Crippen LogP contribution in [0.1, 0.15) is 26.3 Å². The maximum Gasteiger partial charge on any atom is 0.181 e. The van der Waals surface area contributed by atoms with Crippen molar-refractivity contribution >= 4 is 38.3 Å². The minimum atomic E-state index is -0.326.